The smallest absolute Gasteiger partial charge is 0.0465 e. The molecule has 17 heavy (non-hydrogen) atoms. The van der Waals surface area contributed by atoms with E-state index in [0.29, 0.717) is 5.92 Å². The second kappa shape index (κ2) is 5.65. The van der Waals surface area contributed by atoms with E-state index in [-0.39, 0.29) is 5.54 Å². The molecule has 1 aromatic carbocycles. The average Bonchev–Trinajstić information content (AvgIpc) is 2.28. The highest BCUT2D eigenvalue weighted by atomic mass is 16.5. The maximum atomic E-state index is 6.54. The molecule has 0 saturated carbocycles. The Hall–Kier alpha value is -0.860. The largest absolute Gasteiger partial charge is 0.385 e. The lowest BCUT2D eigenvalue weighted by molar-refractivity contribution is 0.159. The molecule has 0 aromatic heterocycles. The number of hydrogen-bond donors (Lipinski definition) is 1. The van der Waals surface area contributed by atoms with Crippen LogP contribution in [0.3, 0.4) is 0 Å². The van der Waals surface area contributed by atoms with E-state index in [9.17, 15) is 0 Å². The summed E-state index contributed by atoms with van der Waals surface area (Å²) in [5.41, 5.74) is 10.0. The quantitative estimate of drug-likeness (QED) is 0.851. The molecular formula is C15H25NO. The Morgan fingerprint density at radius 1 is 1.35 bits per heavy atom. The van der Waals surface area contributed by atoms with Gasteiger partial charge in [0.05, 0.1) is 0 Å². The van der Waals surface area contributed by atoms with Gasteiger partial charge in [-0.25, -0.2) is 0 Å². The zero-order chi connectivity index (χ0) is 13.1. The second-order valence-corrected chi connectivity index (χ2v) is 5.28. The van der Waals surface area contributed by atoms with Gasteiger partial charge in [0.2, 0.25) is 0 Å². The van der Waals surface area contributed by atoms with Gasteiger partial charge >= 0.3 is 0 Å². The third-order valence-corrected chi connectivity index (χ3v) is 3.75. The molecule has 2 nitrogen and oxygen atoms in total. The van der Waals surface area contributed by atoms with Crippen LogP contribution in [0.15, 0.2) is 18.2 Å². The summed E-state index contributed by atoms with van der Waals surface area (Å²) in [6.07, 6.45) is 0.983. The summed E-state index contributed by atoms with van der Waals surface area (Å²) in [7, 11) is 1.73. The third-order valence-electron chi connectivity index (χ3n) is 3.75. The van der Waals surface area contributed by atoms with Crippen LogP contribution < -0.4 is 5.73 Å². The topological polar surface area (TPSA) is 35.2 Å². The molecule has 0 spiro atoms. The normalized spacial score (nSPS) is 16.6. The Balaban J connectivity index is 2.98. The molecule has 0 aliphatic carbocycles. The lowest BCUT2D eigenvalue weighted by atomic mass is 9.77. The predicted molar refractivity (Wildman–Crippen MR) is 73.1 cm³/mol. The Labute approximate surface area is 105 Å². The maximum Gasteiger partial charge on any atom is 0.0465 e. The zero-order valence-electron chi connectivity index (χ0n) is 11.7. The van der Waals surface area contributed by atoms with E-state index in [0.717, 1.165) is 13.0 Å². The maximum absolute atomic E-state index is 6.54. The fraction of sp³-hybridized carbons (Fsp3) is 0.600. The molecule has 0 amide bonds. The van der Waals surface area contributed by atoms with Crippen molar-refractivity contribution in [2.24, 2.45) is 11.7 Å². The van der Waals surface area contributed by atoms with Gasteiger partial charge in [-0.3, -0.25) is 0 Å². The van der Waals surface area contributed by atoms with Crippen LogP contribution in [0.4, 0.5) is 0 Å². The van der Waals surface area contributed by atoms with E-state index in [4.69, 9.17) is 10.5 Å². The first-order valence-electron chi connectivity index (χ1n) is 6.25. The van der Waals surface area contributed by atoms with Crippen molar-refractivity contribution in [2.45, 2.75) is 39.7 Å². The average molecular weight is 235 g/mol. The van der Waals surface area contributed by atoms with E-state index in [1.165, 1.54) is 16.7 Å². The fourth-order valence-corrected chi connectivity index (χ4v) is 2.18. The number of methoxy groups -OCH3 is 1. The summed E-state index contributed by atoms with van der Waals surface area (Å²) >= 11 is 0. The lowest BCUT2D eigenvalue weighted by Gasteiger charge is -2.34. The fourth-order valence-electron chi connectivity index (χ4n) is 2.18. The second-order valence-electron chi connectivity index (χ2n) is 5.28. The first-order chi connectivity index (χ1) is 7.89. The highest BCUT2D eigenvalue weighted by Crippen LogP contribution is 2.31. The minimum atomic E-state index is -0.297. The molecule has 2 N–H and O–H groups in total. The van der Waals surface area contributed by atoms with Gasteiger partial charge < -0.3 is 10.5 Å². The minimum absolute atomic E-state index is 0.297. The van der Waals surface area contributed by atoms with Crippen LogP contribution >= 0.6 is 0 Å². The van der Waals surface area contributed by atoms with E-state index < -0.39 is 0 Å². The van der Waals surface area contributed by atoms with Crippen molar-refractivity contribution >= 4 is 0 Å². The molecule has 0 aliphatic heterocycles. The SMILES string of the molecule is COCCC(C)C(C)(N)c1cc(C)ccc1C. The van der Waals surface area contributed by atoms with Gasteiger partial charge in [-0.1, -0.05) is 30.7 Å². The summed E-state index contributed by atoms with van der Waals surface area (Å²) in [6.45, 7) is 9.32. The van der Waals surface area contributed by atoms with Gasteiger partial charge in [-0.2, -0.15) is 0 Å². The Bertz CT molecular complexity index is 371. The highest BCUT2D eigenvalue weighted by molar-refractivity contribution is 5.36. The number of hydrogen-bond acceptors (Lipinski definition) is 2. The van der Waals surface area contributed by atoms with Crippen molar-refractivity contribution in [2.75, 3.05) is 13.7 Å². The van der Waals surface area contributed by atoms with Gasteiger partial charge in [0.25, 0.3) is 0 Å². The van der Waals surface area contributed by atoms with Crippen molar-refractivity contribution in [3.05, 3.63) is 34.9 Å². The molecule has 2 unspecified atom stereocenters. The van der Waals surface area contributed by atoms with E-state index in [2.05, 4.69) is 45.9 Å². The predicted octanol–water partition coefficient (Wildman–Crippen LogP) is 3.15. The molecule has 0 bridgehead atoms. The van der Waals surface area contributed by atoms with Crippen molar-refractivity contribution in [3.8, 4) is 0 Å². The monoisotopic (exact) mass is 235 g/mol. The Morgan fingerprint density at radius 2 is 2.00 bits per heavy atom. The molecule has 1 rings (SSSR count). The Morgan fingerprint density at radius 3 is 2.59 bits per heavy atom. The number of nitrogens with two attached hydrogens (primary N) is 1. The van der Waals surface area contributed by atoms with Gasteiger partial charge in [-0.15, -0.1) is 0 Å². The van der Waals surface area contributed by atoms with Crippen molar-refractivity contribution in [3.63, 3.8) is 0 Å². The van der Waals surface area contributed by atoms with Gasteiger partial charge in [0.1, 0.15) is 0 Å². The van der Waals surface area contributed by atoms with Crippen LogP contribution in [0, 0.1) is 19.8 Å². The van der Waals surface area contributed by atoms with Gasteiger partial charge in [-0.05, 0) is 44.2 Å². The molecule has 96 valence electrons. The van der Waals surface area contributed by atoms with Crippen LogP contribution in [0.1, 0.15) is 37.0 Å². The molecule has 2 atom stereocenters. The van der Waals surface area contributed by atoms with Crippen LogP contribution in [-0.4, -0.2) is 13.7 Å². The highest BCUT2D eigenvalue weighted by Gasteiger charge is 2.29. The summed E-state index contributed by atoms with van der Waals surface area (Å²) in [5.74, 6) is 0.392. The summed E-state index contributed by atoms with van der Waals surface area (Å²) < 4.78 is 5.14. The number of aryl methyl sites for hydroxylation is 2. The molecule has 1 aromatic rings. The van der Waals surface area contributed by atoms with Crippen molar-refractivity contribution < 1.29 is 4.74 Å². The minimum Gasteiger partial charge on any atom is -0.385 e. The summed E-state index contributed by atoms with van der Waals surface area (Å²) in [4.78, 5) is 0. The van der Waals surface area contributed by atoms with Crippen molar-refractivity contribution in [1.82, 2.24) is 0 Å². The number of ether oxygens (including phenoxy) is 1. The summed E-state index contributed by atoms with van der Waals surface area (Å²) in [6, 6.07) is 6.49. The molecule has 0 heterocycles. The first kappa shape index (κ1) is 14.2. The van der Waals surface area contributed by atoms with Crippen LogP contribution in [0.5, 0.6) is 0 Å². The summed E-state index contributed by atoms with van der Waals surface area (Å²) in [5, 5.41) is 0. The van der Waals surface area contributed by atoms with Crippen LogP contribution in [0.25, 0.3) is 0 Å². The molecule has 0 saturated heterocycles. The zero-order valence-corrected chi connectivity index (χ0v) is 11.7. The molecular weight excluding hydrogens is 210 g/mol. The molecule has 2 heteroatoms. The molecule has 0 fully saturated rings. The Kier molecular flexibility index (Phi) is 4.72. The van der Waals surface area contributed by atoms with E-state index >= 15 is 0 Å². The van der Waals surface area contributed by atoms with Crippen LogP contribution in [0.2, 0.25) is 0 Å². The van der Waals surface area contributed by atoms with Crippen LogP contribution in [-0.2, 0) is 10.3 Å². The molecule has 0 radical (unpaired) electrons. The third kappa shape index (κ3) is 3.30. The number of benzene rings is 1. The van der Waals surface area contributed by atoms with Crippen molar-refractivity contribution in [1.29, 1.82) is 0 Å². The van der Waals surface area contributed by atoms with E-state index in [1.807, 2.05) is 0 Å². The van der Waals surface area contributed by atoms with Gasteiger partial charge in [0.15, 0.2) is 0 Å². The lowest BCUT2D eigenvalue weighted by Crippen LogP contribution is -2.41. The number of rotatable bonds is 5. The van der Waals surface area contributed by atoms with E-state index in [1.54, 1.807) is 7.11 Å². The first-order valence-corrected chi connectivity index (χ1v) is 6.25. The molecule has 0 aliphatic rings. The standard InChI is InChI=1S/C15H25NO/c1-11-6-7-12(2)14(10-11)15(4,16)13(3)8-9-17-5/h6-7,10,13H,8-9,16H2,1-5H3. The van der Waals surface area contributed by atoms with Gasteiger partial charge in [0, 0.05) is 19.3 Å².